The van der Waals surface area contributed by atoms with Gasteiger partial charge in [0.1, 0.15) is 11.4 Å². The molecule has 2 atom stereocenters. The number of rotatable bonds is 3. The minimum absolute atomic E-state index is 0.0546. The van der Waals surface area contributed by atoms with Crippen molar-refractivity contribution < 1.29 is 13.9 Å². The third-order valence-corrected chi connectivity index (χ3v) is 4.63. The van der Waals surface area contributed by atoms with Crippen LogP contribution >= 0.6 is 11.8 Å². The minimum atomic E-state index is -0.272. The van der Waals surface area contributed by atoms with Crippen molar-refractivity contribution in [2.75, 3.05) is 0 Å². The van der Waals surface area contributed by atoms with Crippen molar-refractivity contribution in [3.63, 3.8) is 0 Å². The first-order valence-electron chi connectivity index (χ1n) is 6.98. The molecule has 3 aromatic rings. The summed E-state index contributed by atoms with van der Waals surface area (Å²) in [5.74, 6) is 0.226. The van der Waals surface area contributed by atoms with E-state index in [2.05, 4.69) is 15.2 Å². The molecule has 0 saturated carbocycles. The molecular weight excluding hydrogens is 302 g/mol. The van der Waals surface area contributed by atoms with Crippen LogP contribution in [0.1, 0.15) is 13.3 Å². The number of carbonyl (C=O) groups excluding carboxylic acids is 1. The first-order chi connectivity index (χ1) is 10.7. The van der Waals surface area contributed by atoms with E-state index >= 15 is 0 Å². The van der Waals surface area contributed by atoms with E-state index in [4.69, 9.17) is 9.15 Å². The predicted octanol–water partition coefficient (Wildman–Crippen LogP) is 3.01. The summed E-state index contributed by atoms with van der Waals surface area (Å²) < 4.78 is 10.8. The van der Waals surface area contributed by atoms with Gasteiger partial charge >= 0.3 is 5.97 Å². The monoisotopic (exact) mass is 315 g/mol. The molecule has 0 amide bonds. The number of hydrogen-bond donors (Lipinski definition) is 1. The van der Waals surface area contributed by atoms with Gasteiger partial charge in [-0.15, -0.1) is 10.2 Å². The summed E-state index contributed by atoms with van der Waals surface area (Å²) in [4.78, 5) is 14.8. The van der Waals surface area contributed by atoms with Crippen LogP contribution < -0.4 is 0 Å². The lowest BCUT2D eigenvalue weighted by molar-refractivity contribution is -0.140. The van der Waals surface area contributed by atoms with E-state index in [0.29, 0.717) is 17.5 Å². The van der Waals surface area contributed by atoms with Crippen LogP contribution in [0.15, 0.2) is 40.1 Å². The van der Waals surface area contributed by atoms with E-state index in [1.165, 1.54) is 11.8 Å². The quantitative estimate of drug-likeness (QED) is 0.748. The fraction of sp³-hybridized carbons (Fsp3) is 0.267. The van der Waals surface area contributed by atoms with Crippen LogP contribution in [0.3, 0.4) is 0 Å². The highest BCUT2D eigenvalue weighted by atomic mass is 32.2. The summed E-state index contributed by atoms with van der Waals surface area (Å²) in [5, 5.41) is 9.25. The highest BCUT2D eigenvalue weighted by Crippen LogP contribution is 2.34. The molecule has 6 nitrogen and oxygen atoms in total. The van der Waals surface area contributed by atoms with Gasteiger partial charge in [0.05, 0.1) is 5.56 Å². The number of esters is 1. The molecule has 1 aliphatic heterocycles. The van der Waals surface area contributed by atoms with Crippen LogP contribution in [0.4, 0.5) is 0 Å². The molecule has 0 spiro atoms. The van der Waals surface area contributed by atoms with Crippen molar-refractivity contribution in [3.8, 4) is 11.5 Å². The average molecular weight is 315 g/mol. The number of cyclic esters (lactones) is 1. The van der Waals surface area contributed by atoms with Crippen molar-refractivity contribution in [2.45, 2.75) is 29.9 Å². The fourth-order valence-electron chi connectivity index (χ4n) is 2.55. The van der Waals surface area contributed by atoms with Gasteiger partial charge in [-0.2, -0.15) is 0 Å². The van der Waals surface area contributed by atoms with Gasteiger partial charge in [-0.05, 0) is 24.8 Å². The number of aromatic nitrogens is 3. The number of thioether (sulfide) groups is 1. The van der Waals surface area contributed by atoms with Crippen LogP contribution in [-0.2, 0) is 9.53 Å². The number of H-pyrrole nitrogens is 1. The number of benzene rings is 1. The Labute approximate surface area is 130 Å². The molecule has 7 heteroatoms. The van der Waals surface area contributed by atoms with E-state index < -0.39 is 0 Å². The minimum Gasteiger partial charge on any atom is -0.462 e. The number of nitrogens with one attached hydrogen (secondary N) is 1. The van der Waals surface area contributed by atoms with Gasteiger partial charge in [0, 0.05) is 23.5 Å². The summed E-state index contributed by atoms with van der Waals surface area (Å²) in [6.45, 7) is 1.88. The lowest BCUT2D eigenvalue weighted by Gasteiger charge is -1.99. The normalized spacial score (nSPS) is 21.4. The Morgan fingerprint density at radius 3 is 3.00 bits per heavy atom. The maximum Gasteiger partial charge on any atom is 0.320 e. The zero-order chi connectivity index (χ0) is 15.1. The molecule has 1 fully saturated rings. The molecule has 112 valence electrons. The molecular formula is C15H13N3O3S. The van der Waals surface area contributed by atoms with Crippen molar-refractivity contribution in [1.29, 1.82) is 0 Å². The van der Waals surface area contributed by atoms with E-state index in [-0.39, 0.29) is 17.3 Å². The number of ether oxygens (including phenoxy) is 1. The highest BCUT2D eigenvalue weighted by molar-refractivity contribution is 8.00. The van der Waals surface area contributed by atoms with Crippen molar-refractivity contribution in [3.05, 3.63) is 30.5 Å². The highest BCUT2D eigenvalue weighted by Gasteiger charge is 2.34. The Hall–Kier alpha value is -2.28. The van der Waals surface area contributed by atoms with Crippen LogP contribution in [0.25, 0.3) is 22.4 Å². The molecule has 0 aliphatic carbocycles. The van der Waals surface area contributed by atoms with Crippen LogP contribution in [0.5, 0.6) is 0 Å². The maximum absolute atomic E-state index is 11.7. The lowest BCUT2D eigenvalue weighted by Crippen LogP contribution is -2.09. The Morgan fingerprint density at radius 2 is 2.18 bits per heavy atom. The van der Waals surface area contributed by atoms with Gasteiger partial charge in [-0.25, -0.2) is 0 Å². The molecule has 1 aliphatic rings. The number of carbonyl (C=O) groups is 1. The summed E-state index contributed by atoms with van der Waals surface area (Å²) >= 11 is 1.26. The van der Waals surface area contributed by atoms with E-state index in [9.17, 15) is 4.79 Å². The van der Waals surface area contributed by atoms with Crippen molar-refractivity contribution >= 4 is 28.6 Å². The van der Waals surface area contributed by atoms with Gasteiger partial charge < -0.3 is 14.1 Å². The first kappa shape index (κ1) is 13.4. The smallest absolute Gasteiger partial charge is 0.320 e. The van der Waals surface area contributed by atoms with Crippen LogP contribution in [-0.4, -0.2) is 32.5 Å². The molecule has 4 rings (SSSR count). The number of fused-ring (bicyclic) bond motifs is 1. The first-order valence-corrected chi connectivity index (χ1v) is 7.86. The third-order valence-electron chi connectivity index (χ3n) is 3.60. The zero-order valence-corrected chi connectivity index (χ0v) is 12.6. The Bertz CT molecular complexity index is 841. The summed E-state index contributed by atoms with van der Waals surface area (Å²) in [5.41, 5.74) is 1.87. The van der Waals surface area contributed by atoms with Crippen LogP contribution in [0, 0.1) is 0 Å². The number of para-hydroxylation sites is 1. The SMILES string of the molecule is C[C@H]1C[C@H](Sc2nnc(-c3c[nH]c4ccccc34)o2)C(=O)O1. The molecule has 3 heterocycles. The second-order valence-electron chi connectivity index (χ2n) is 5.21. The summed E-state index contributed by atoms with van der Waals surface area (Å²) in [6.07, 6.45) is 2.45. The molecule has 0 unspecified atom stereocenters. The summed E-state index contributed by atoms with van der Waals surface area (Å²) in [7, 11) is 0. The van der Waals surface area contributed by atoms with Gasteiger partial charge in [-0.1, -0.05) is 18.2 Å². The van der Waals surface area contributed by atoms with Gasteiger partial charge in [-0.3, -0.25) is 4.79 Å². The fourth-order valence-corrected chi connectivity index (χ4v) is 3.53. The zero-order valence-electron chi connectivity index (χ0n) is 11.8. The van der Waals surface area contributed by atoms with E-state index in [0.717, 1.165) is 16.5 Å². The average Bonchev–Trinajstić information content (AvgIpc) is 3.18. The van der Waals surface area contributed by atoms with Gasteiger partial charge in [0.25, 0.3) is 11.1 Å². The molecule has 0 bridgehead atoms. The molecule has 0 radical (unpaired) electrons. The van der Waals surface area contributed by atoms with Crippen LogP contribution in [0.2, 0.25) is 0 Å². The Morgan fingerprint density at radius 1 is 1.32 bits per heavy atom. The molecule has 1 N–H and O–H groups in total. The number of hydrogen-bond acceptors (Lipinski definition) is 6. The van der Waals surface area contributed by atoms with Crippen molar-refractivity contribution in [1.82, 2.24) is 15.2 Å². The lowest BCUT2D eigenvalue weighted by atomic mass is 10.2. The number of aromatic amines is 1. The Kier molecular flexibility index (Phi) is 3.15. The van der Waals surface area contributed by atoms with E-state index in [1.54, 1.807) is 0 Å². The molecule has 1 saturated heterocycles. The van der Waals surface area contributed by atoms with Gasteiger partial charge in [0.15, 0.2) is 0 Å². The summed E-state index contributed by atoms with van der Waals surface area (Å²) in [6, 6.07) is 7.90. The topological polar surface area (TPSA) is 81.0 Å². The van der Waals surface area contributed by atoms with E-state index in [1.807, 2.05) is 37.4 Å². The standard InChI is InChI=1S/C15H13N3O3S/c1-8-6-12(14(19)20-8)22-15-18-17-13(21-15)10-7-16-11-5-3-2-4-9(10)11/h2-5,7-8,12,16H,6H2,1H3/t8-,12-/m0/s1. The molecule has 2 aromatic heterocycles. The Balaban J connectivity index is 1.60. The van der Waals surface area contributed by atoms with Gasteiger partial charge in [0.2, 0.25) is 0 Å². The maximum atomic E-state index is 11.7. The third kappa shape index (κ3) is 2.27. The second kappa shape index (κ2) is 5.17. The largest absolute Gasteiger partial charge is 0.462 e. The molecule has 1 aromatic carbocycles. The molecule has 22 heavy (non-hydrogen) atoms. The predicted molar refractivity (Wildman–Crippen MR) is 81.4 cm³/mol. The number of nitrogens with zero attached hydrogens (tertiary/aromatic N) is 2. The second-order valence-corrected chi connectivity index (χ2v) is 6.36. The van der Waals surface area contributed by atoms with Crippen molar-refractivity contribution in [2.24, 2.45) is 0 Å².